The molecule has 6 nitrogen and oxygen atoms in total. The quantitative estimate of drug-likeness (QED) is 0.848. The summed E-state index contributed by atoms with van der Waals surface area (Å²) in [5, 5.41) is 4.02. The largest absolute Gasteiger partial charge is 0.249 e. The highest BCUT2D eigenvalue weighted by Gasteiger charge is 2.01. The van der Waals surface area contributed by atoms with Crippen molar-refractivity contribution in [3.8, 4) is 0 Å². The molecule has 0 aliphatic carbocycles. The Morgan fingerprint density at radius 3 is 2.44 bits per heavy atom. The lowest BCUT2D eigenvalue weighted by atomic mass is 10.1. The molecule has 1 aromatic heterocycles. The molecule has 0 amide bonds. The summed E-state index contributed by atoms with van der Waals surface area (Å²) in [6.45, 7) is 0.961. The van der Waals surface area contributed by atoms with Crippen molar-refractivity contribution in [2.75, 3.05) is 6.26 Å². The first-order valence-electron chi connectivity index (χ1n) is 5.38. The molecule has 2 aromatic rings. The highest BCUT2D eigenvalue weighted by molar-refractivity contribution is 7.88. The number of nitrogens with zero attached hydrogens (tertiary/aromatic N) is 3. The zero-order valence-corrected chi connectivity index (χ0v) is 10.8. The van der Waals surface area contributed by atoms with Crippen LogP contribution in [0.1, 0.15) is 11.1 Å². The summed E-state index contributed by atoms with van der Waals surface area (Å²) in [4.78, 5) is 3.87. The number of aromatic nitrogens is 3. The van der Waals surface area contributed by atoms with Crippen LogP contribution in [0.5, 0.6) is 0 Å². The first-order valence-corrected chi connectivity index (χ1v) is 7.27. The summed E-state index contributed by atoms with van der Waals surface area (Å²) < 4.78 is 26.1. The predicted molar refractivity (Wildman–Crippen MR) is 67.2 cm³/mol. The molecule has 0 radical (unpaired) electrons. The van der Waals surface area contributed by atoms with Crippen LogP contribution in [0.4, 0.5) is 0 Å². The van der Waals surface area contributed by atoms with E-state index < -0.39 is 10.0 Å². The van der Waals surface area contributed by atoms with Crippen molar-refractivity contribution in [2.24, 2.45) is 0 Å². The summed E-state index contributed by atoms with van der Waals surface area (Å²) in [6, 6.07) is 7.68. The molecule has 96 valence electrons. The molecular weight excluding hydrogens is 252 g/mol. The Kier molecular flexibility index (Phi) is 3.73. The van der Waals surface area contributed by atoms with E-state index in [1.165, 1.54) is 6.33 Å². The van der Waals surface area contributed by atoms with Crippen molar-refractivity contribution < 1.29 is 8.42 Å². The van der Waals surface area contributed by atoms with E-state index in [4.69, 9.17) is 0 Å². The molecule has 1 N–H and O–H groups in total. The first-order chi connectivity index (χ1) is 8.53. The van der Waals surface area contributed by atoms with Gasteiger partial charge in [-0.15, -0.1) is 0 Å². The molecule has 18 heavy (non-hydrogen) atoms. The van der Waals surface area contributed by atoms with Gasteiger partial charge in [-0.1, -0.05) is 24.3 Å². The van der Waals surface area contributed by atoms with Crippen LogP contribution in [0.2, 0.25) is 0 Å². The number of sulfonamides is 1. The van der Waals surface area contributed by atoms with E-state index in [2.05, 4.69) is 14.8 Å². The van der Waals surface area contributed by atoms with Gasteiger partial charge < -0.3 is 0 Å². The molecule has 2 rings (SSSR count). The molecule has 0 fully saturated rings. The fourth-order valence-corrected chi connectivity index (χ4v) is 1.91. The number of hydrogen-bond acceptors (Lipinski definition) is 4. The van der Waals surface area contributed by atoms with Crippen molar-refractivity contribution in [2.45, 2.75) is 13.1 Å². The zero-order chi connectivity index (χ0) is 13.0. The molecule has 0 aliphatic rings. The molecule has 0 spiro atoms. The Hall–Kier alpha value is -1.73. The first kappa shape index (κ1) is 12.7. The van der Waals surface area contributed by atoms with Crippen LogP contribution in [0, 0.1) is 0 Å². The van der Waals surface area contributed by atoms with E-state index in [-0.39, 0.29) is 0 Å². The molecule has 1 aromatic carbocycles. The lowest BCUT2D eigenvalue weighted by Crippen LogP contribution is -2.21. The molecule has 0 saturated heterocycles. The minimum atomic E-state index is -3.15. The predicted octanol–water partition coefficient (Wildman–Crippen LogP) is 0.376. The molecule has 0 atom stereocenters. The maximum Gasteiger partial charge on any atom is 0.209 e. The standard InChI is InChI=1S/C11H14N4O2S/c1-18(16,17)14-6-10-2-4-11(5-3-10)7-15-9-12-8-13-15/h2-5,8-9,14H,6-7H2,1H3. The lowest BCUT2D eigenvalue weighted by molar-refractivity contribution is 0.587. The number of hydrogen-bond donors (Lipinski definition) is 1. The lowest BCUT2D eigenvalue weighted by Gasteiger charge is -2.05. The van der Waals surface area contributed by atoms with Gasteiger partial charge in [0.2, 0.25) is 10.0 Å². The van der Waals surface area contributed by atoms with Gasteiger partial charge in [0, 0.05) is 6.54 Å². The van der Waals surface area contributed by atoms with E-state index in [0.29, 0.717) is 13.1 Å². The molecule has 0 bridgehead atoms. The number of benzene rings is 1. The fraction of sp³-hybridized carbons (Fsp3) is 0.273. The third-order valence-corrected chi connectivity index (χ3v) is 3.04. The summed E-state index contributed by atoms with van der Waals surface area (Å²) in [7, 11) is -3.15. The van der Waals surface area contributed by atoms with Crippen LogP contribution >= 0.6 is 0 Å². The maximum absolute atomic E-state index is 11.0. The Labute approximate surface area is 106 Å². The van der Waals surface area contributed by atoms with Gasteiger partial charge in [0.25, 0.3) is 0 Å². The smallest absolute Gasteiger partial charge is 0.209 e. The summed E-state index contributed by atoms with van der Waals surface area (Å²) in [5.41, 5.74) is 2.01. The van der Waals surface area contributed by atoms with Crippen molar-refractivity contribution in [3.05, 3.63) is 48.0 Å². The van der Waals surface area contributed by atoms with Gasteiger partial charge in [-0.2, -0.15) is 5.10 Å². The average Bonchev–Trinajstić information content (AvgIpc) is 2.80. The van der Waals surface area contributed by atoms with E-state index in [9.17, 15) is 8.42 Å². The van der Waals surface area contributed by atoms with Crippen molar-refractivity contribution in [3.63, 3.8) is 0 Å². The second-order valence-corrected chi connectivity index (χ2v) is 5.84. The molecule has 0 unspecified atom stereocenters. The monoisotopic (exact) mass is 266 g/mol. The maximum atomic E-state index is 11.0. The van der Waals surface area contributed by atoms with Gasteiger partial charge in [0.05, 0.1) is 12.8 Å². The van der Waals surface area contributed by atoms with Crippen molar-refractivity contribution >= 4 is 10.0 Å². The zero-order valence-electron chi connectivity index (χ0n) is 9.94. The molecule has 0 aliphatic heterocycles. The minimum Gasteiger partial charge on any atom is -0.249 e. The third-order valence-electron chi connectivity index (χ3n) is 2.37. The van der Waals surface area contributed by atoms with E-state index in [0.717, 1.165) is 17.4 Å². The number of rotatable bonds is 5. The van der Waals surface area contributed by atoms with Gasteiger partial charge in [-0.05, 0) is 11.1 Å². The minimum absolute atomic E-state index is 0.308. The van der Waals surface area contributed by atoms with Crippen molar-refractivity contribution in [1.82, 2.24) is 19.5 Å². The van der Waals surface area contributed by atoms with Gasteiger partial charge in [-0.3, -0.25) is 0 Å². The third kappa shape index (κ3) is 3.94. The summed E-state index contributed by atoms with van der Waals surface area (Å²) >= 11 is 0. The topological polar surface area (TPSA) is 76.9 Å². The van der Waals surface area contributed by atoms with E-state index in [1.807, 2.05) is 24.3 Å². The van der Waals surface area contributed by atoms with Crippen LogP contribution in [0.3, 0.4) is 0 Å². The van der Waals surface area contributed by atoms with Gasteiger partial charge in [0.1, 0.15) is 12.7 Å². The Balaban J connectivity index is 1.97. The SMILES string of the molecule is CS(=O)(=O)NCc1ccc(Cn2cncn2)cc1. The van der Waals surface area contributed by atoms with E-state index >= 15 is 0 Å². The summed E-state index contributed by atoms with van der Waals surface area (Å²) in [6.07, 6.45) is 4.29. The van der Waals surface area contributed by atoms with Gasteiger partial charge in [-0.25, -0.2) is 22.8 Å². The average molecular weight is 266 g/mol. The summed E-state index contributed by atoms with van der Waals surface area (Å²) in [5.74, 6) is 0. The molecule has 7 heteroatoms. The van der Waals surface area contributed by atoms with Gasteiger partial charge in [0.15, 0.2) is 0 Å². The Morgan fingerprint density at radius 1 is 1.22 bits per heavy atom. The highest BCUT2D eigenvalue weighted by Crippen LogP contribution is 2.06. The van der Waals surface area contributed by atoms with Crippen LogP contribution in [0.25, 0.3) is 0 Å². The highest BCUT2D eigenvalue weighted by atomic mass is 32.2. The number of nitrogens with one attached hydrogen (secondary N) is 1. The second-order valence-electron chi connectivity index (χ2n) is 4.00. The van der Waals surface area contributed by atoms with Crippen LogP contribution in [0.15, 0.2) is 36.9 Å². The Bertz CT molecular complexity index is 590. The fourth-order valence-electron chi connectivity index (χ4n) is 1.48. The normalized spacial score (nSPS) is 11.6. The van der Waals surface area contributed by atoms with Crippen LogP contribution < -0.4 is 4.72 Å². The molecule has 1 heterocycles. The van der Waals surface area contributed by atoms with Crippen LogP contribution in [-0.4, -0.2) is 29.4 Å². The van der Waals surface area contributed by atoms with Gasteiger partial charge >= 0.3 is 0 Å². The van der Waals surface area contributed by atoms with Crippen LogP contribution in [-0.2, 0) is 23.1 Å². The second kappa shape index (κ2) is 5.28. The molecule has 0 saturated carbocycles. The van der Waals surface area contributed by atoms with Crippen molar-refractivity contribution in [1.29, 1.82) is 0 Å². The molecular formula is C11H14N4O2S. The Morgan fingerprint density at radius 2 is 1.89 bits per heavy atom. The van der Waals surface area contributed by atoms with E-state index in [1.54, 1.807) is 11.0 Å².